The van der Waals surface area contributed by atoms with Crippen molar-refractivity contribution in [2.24, 2.45) is 0 Å². The molecule has 2 aromatic rings. The van der Waals surface area contributed by atoms with E-state index < -0.39 is 0 Å². The Labute approximate surface area is 118 Å². The minimum atomic E-state index is 0.0243. The Balaban J connectivity index is 2.15. The van der Waals surface area contributed by atoms with Gasteiger partial charge in [-0.2, -0.15) is 5.26 Å². The summed E-state index contributed by atoms with van der Waals surface area (Å²) in [6.07, 6.45) is 0. The first-order chi connectivity index (χ1) is 9.76. The van der Waals surface area contributed by atoms with Crippen molar-refractivity contribution >= 4 is 5.69 Å². The van der Waals surface area contributed by atoms with Crippen LogP contribution in [0.25, 0.3) is 0 Å². The lowest BCUT2D eigenvalue weighted by Crippen LogP contribution is -2.02. The highest BCUT2D eigenvalue weighted by Crippen LogP contribution is 2.22. The molecule has 4 heteroatoms. The number of hydrogen-bond acceptors (Lipinski definition) is 4. The molecular weight excluding hydrogens is 252 g/mol. The SMILES string of the molecule is COc1ccc(C#N)c(NCc2cccc(CO)c2)c1. The van der Waals surface area contributed by atoms with E-state index >= 15 is 0 Å². The Morgan fingerprint density at radius 3 is 2.70 bits per heavy atom. The van der Waals surface area contributed by atoms with Gasteiger partial charge in [-0.25, -0.2) is 0 Å². The number of aliphatic hydroxyl groups is 1. The van der Waals surface area contributed by atoms with Crippen LogP contribution in [0.2, 0.25) is 0 Å². The number of nitrogens with zero attached hydrogens (tertiary/aromatic N) is 1. The molecule has 0 bridgehead atoms. The second-order valence-electron chi connectivity index (χ2n) is 4.35. The molecule has 0 aromatic heterocycles. The summed E-state index contributed by atoms with van der Waals surface area (Å²) < 4.78 is 5.16. The van der Waals surface area contributed by atoms with Crippen LogP contribution in [0.1, 0.15) is 16.7 Å². The Hall–Kier alpha value is -2.51. The smallest absolute Gasteiger partial charge is 0.121 e. The van der Waals surface area contributed by atoms with E-state index in [4.69, 9.17) is 15.1 Å². The normalized spacial score (nSPS) is 9.85. The van der Waals surface area contributed by atoms with E-state index in [0.717, 1.165) is 16.8 Å². The second-order valence-corrected chi connectivity index (χ2v) is 4.35. The van der Waals surface area contributed by atoms with Crippen LogP contribution in [-0.4, -0.2) is 12.2 Å². The van der Waals surface area contributed by atoms with Crippen molar-refractivity contribution < 1.29 is 9.84 Å². The van der Waals surface area contributed by atoms with E-state index in [0.29, 0.717) is 17.9 Å². The number of rotatable bonds is 5. The summed E-state index contributed by atoms with van der Waals surface area (Å²) in [4.78, 5) is 0. The number of nitrogens with one attached hydrogen (secondary N) is 1. The van der Waals surface area contributed by atoms with Crippen LogP contribution in [0.3, 0.4) is 0 Å². The zero-order valence-corrected chi connectivity index (χ0v) is 11.3. The van der Waals surface area contributed by atoms with Crippen LogP contribution >= 0.6 is 0 Å². The zero-order chi connectivity index (χ0) is 14.4. The third-order valence-corrected chi connectivity index (χ3v) is 3.00. The van der Waals surface area contributed by atoms with Gasteiger partial charge in [-0.1, -0.05) is 24.3 Å². The number of nitriles is 1. The van der Waals surface area contributed by atoms with Gasteiger partial charge in [0.1, 0.15) is 11.8 Å². The summed E-state index contributed by atoms with van der Waals surface area (Å²) in [7, 11) is 1.59. The van der Waals surface area contributed by atoms with Gasteiger partial charge in [0.05, 0.1) is 25.0 Å². The summed E-state index contributed by atoms with van der Waals surface area (Å²) in [6.45, 7) is 0.603. The van der Waals surface area contributed by atoms with Gasteiger partial charge in [0.25, 0.3) is 0 Å². The summed E-state index contributed by atoms with van der Waals surface area (Å²) >= 11 is 0. The maximum Gasteiger partial charge on any atom is 0.121 e. The molecule has 2 rings (SSSR count). The van der Waals surface area contributed by atoms with Crippen molar-refractivity contribution in [3.8, 4) is 11.8 Å². The topological polar surface area (TPSA) is 65.3 Å². The fourth-order valence-electron chi connectivity index (χ4n) is 1.93. The number of benzene rings is 2. The number of aliphatic hydroxyl groups excluding tert-OH is 1. The number of hydrogen-bond donors (Lipinski definition) is 2. The van der Waals surface area contributed by atoms with E-state index in [2.05, 4.69) is 11.4 Å². The van der Waals surface area contributed by atoms with E-state index in [1.165, 1.54) is 0 Å². The van der Waals surface area contributed by atoms with Crippen molar-refractivity contribution in [2.45, 2.75) is 13.2 Å². The number of anilines is 1. The lowest BCUT2D eigenvalue weighted by Gasteiger charge is -2.10. The predicted molar refractivity (Wildman–Crippen MR) is 77.4 cm³/mol. The van der Waals surface area contributed by atoms with Gasteiger partial charge in [-0.15, -0.1) is 0 Å². The molecule has 0 radical (unpaired) electrons. The van der Waals surface area contributed by atoms with E-state index in [1.807, 2.05) is 24.3 Å². The highest BCUT2D eigenvalue weighted by molar-refractivity contribution is 5.60. The monoisotopic (exact) mass is 268 g/mol. The van der Waals surface area contributed by atoms with Gasteiger partial charge >= 0.3 is 0 Å². The van der Waals surface area contributed by atoms with Crippen LogP contribution < -0.4 is 10.1 Å². The largest absolute Gasteiger partial charge is 0.497 e. The molecular formula is C16H16N2O2. The summed E-state index contributed by atoms with van der Waals surface area (Å²) in [5.41, 5.74) is 3.23. The zero-order valence-electron chi connectivity index (χ0n) is 11.3. The van der Waals surface area contributed by atoms with Gasteiger partial charge in [0.15, 0.2) is 0 Å². The molecule has 2 aromatic carbocycles. The molecule has 4 nitrogen and oxygen atoms in total. The maximum atomic E-state index is 9.12. The molecule has 0 saturated carbocycles. The summed E-state index contributed by atoms with van der Waals surface area (Å²) in [5.74, 6) is 0.704. The second kappa shape index (κ2) is 6.60. The van der Waals surface area contributed by atoms with Crippen LogP contribution in [0.5, 0.6) is 5.75 Å². The molecule has 0 aliphatic rings. The van der Waals surface area contributed by atoms with Crippen molar-refractivity contribution in [1.29, 1.82) is 5.26 Å². The van der Waals surface area contributed by atoms with Crippen LogP contribution in [-0.2, 0) is 13.2 Å². The van der Waals surface area contributed by atoms with Gasteiger partial charge in [0.2, 0.25) is 0 Å². The van der Waals surface area contributed by atoms with Crippen molar-refractivity contribution in [3.05, 3.63) is 59.2 Å². The molecule has 0 fully saturated rings. The standard InChI is InChI=1S/C16H16N2O2/c1-20-15-6-5-14(9-17)16(8-15)18-10-12-3-2-4-13(7-12)11-19/h2-8,18-19H,10-11H2,1H3. The van der Waals surface area contributed by atoms with Crippen molar-refractivity contribution in [2.75, 3.05) is 12.4 Å². The first-order valence-corrected chi connectivity index (χ1v) is 6.27. The lowest BCUT2D eigenvalue weighted by atomic mass is 10.1. The Morgan fingerprint density at radius 2 is 2.00 bits per heavy atom. The highest BCUT2D eigenvalue weighted by Gasteiger charge is 2.04. The number of ether oxygens (including phenoxy) is 1. The predicted octanol–water partition coefficient (Wildman–Crippen LogP) is 2.67. The fraction of sp³-hybridized carbons (Fsp3) is 0.188. The fourth-order valence-corrected chi connectivity index (χ4v) is 1.93. The molecule has 0 aliphatic heterocycles. The number of methoxy groups -OCH3 is 1. The van der Waals surface area contributed by atoms with Crippen LogP contribution in [0, 0.1) is 11.3 Å². The molecule has 0 unspecified atom stereocenters. The molecule has 2 N–H and O–H groups in total. The first kappa shape index (κ1) is 13.9. The van der Waals surface area contributed by atoms with Gasteiger partial charge in [0, 0.05) is 12.6 Å². The average Bonchev–Trinajstić information content (AvgIpc) is 2.52. The minimum absolute atomic E-state index is 0.0243. The van der Waals surface area contributed by atoms with Gasteiger partial charge < -0.3 is 15.2 Å². The Morgan fingerprint density at radius 1 is 1.20 bits per heavy atom. The lowest BCUT2D eigenvalue weighted by molar-refractivity contribution is 0.281. The third-order valence-electron chi connectivity index (χ3n) is 3.00. The molecule has 0 heterocycles. The quantitative estimate of drug-likeness (QED) is 0.875. The molecule has 0 amide bonds. The van der Waals surface area contributed by atoms with Crippen LogP contribution in [0.4, 0.5) is 5.69 Å². The third kappa shape index (κ3) is 3.28. The van der Waals surface area contributed by atoms with Gasteiger partial charge in [-0.3, -0.25) is 0 Å². The van der Waals surface area contributed by atoms with Crippen LogP contribution in [0.15, 0.2) is 42.5 Å². The van der Waals surface area contributed by atoms with Crippen molar-refractivity contribution in [1.82, 2.24) is 0 Å². The van der Waals surface area contributed by atoms with E-state index in [1.54, 1.807) is 25.3 Å². The maximum absolute atomic E-state index is 9.12. The van der Waals surface area contributed by atoms with Crippen molar-refractivity contribution in [3.63, 3.8) is 0 Å². The molecule has 0 saturated heterocycles. The Kier molecular flexibility index (Phi) is 4.59. The molecule has 102 valence electrons. The molecule has 0 spiro atoms. The molecule has 0 atom stereocenters. The molecule has 0 aliphatic carbocycles. The van der Waals surface area contributed by atoms with E-state index in [-0.39, 0.29) is 6.61 Å². The summed E-state index contributed by atoms with van der Waals surface area (Å²) in [6, 6.07) is 15.1. The average molecular weight is 268 g/mol. The molecule has 20 heavy (non-hydrogen) atoms. The minimum Gasteiger partial charge on any atom is -0.497 e. The highest BCUT2D eigenvalue weighted by atomic mass is 16.5. The van der Waals surface area contributed by atoms with Gasteiger partial charge in [-0.05, 0) is 23.3 Å². The first-order valence-electron chi connectivity index (χ1n) is 6.27. The van der Waals surface area contributed by atoms with E-state index in [9.17, 15) is 0 Å². The summed E-state index contributed by atoms with van der Waals surface area (Å²) in [5, 5.41) is 21.4. The Bertz CT molecular complexity index is 633.